The molecule has 36 heavy (non-hydrogen) atoms. The van der Waals surface area contributed by atoms with Crippen molar-refractivity contribution in [1.29, 1.82) is 0 Å². The quantitative estimate of drug-likeness (QED) is 0.390. The molecule has 3 aromatic rings. The number of nitrogens with zero attached hydrogens (tertiary/aromatic N) is 1. The number of carboxylic acid groups (broad SMARTS) is 1. The lowest BCUT2D eigenvalue weighted by Gasteiger charge is -2.34. The Kier molecular flexibility index (Phi) is 7.17. The van der Waals surface area contributed by atoms with E-state index in [1.165, 1.54) is 0 Å². The van der Waals surface area contributed by atoms with Crippen LogP contribution in [0.5, 0.6) is 0 Å². The number of fused-ring (bicyclic) bond motifs is 2. The van der Waals surface area contributed by atoms with E-state index >= 15 is 0 Å². The van der Waals surface area contributed by atoms with Crippen LogP contribution in [0.2, 0.25) is 0 Å². The van der Waals surface area contributed by atoms with Gasteiger partial charge in [0.15, 0.2) is 0 Å². The zero-order valence-corrected chi connectivity index (χ0v) is 20.2. The molecule has 4 N–H and O–H groups in total. The van der Waals surface area contributed by atoms with Crippen LogP contribution >= 0.6 is 0 Å². The summed E-state index contributed by atoms with van der Waals surface area (Å²) in [6.45, 7) is 3.43. The maximum absolute atomic E-state index is 13.3. The van der Waals surface area contributed by atoms with Gasteiger partial charge in [0.25, 0.3) is 11.8 Å². The molecular formula is C28H29N3O5. The summed E-state index contributed by atoms with van der Waals surface area (Å²) in [4.78, 5) is 53.1. The minimum atomic E-state index is -1.23. The molecule has 3 amide bonds. The summed E-state index contributed by atoms with van der Waals surface area (Å²) in [7, 11) is 0. The van der Waals surface area contributed by atoms with Crippen molar-refractivity contribution in [2.75, 3.05) is 5.32 Å². The Morgan fingerprint density at radius 3 is 1.97 bits per heavy atom. The first kappa shape index (κ1) is 25.1. The minimum absolute atomic E-state index is 0.236. The van der Waals surface area contributed by atoms with Crippen molar-refractivity contribution in [3.05, 3.63) is 77.9 Å². The largest absolute Gasteiger partial charge is 0.481 e. The van der Waals surface area contributed by atoms with Gasteiger partial charge in [0.1, 0.15) is 0 Å². The van der Waals surface area contributed by atoms with E-state index in [9.17, 15) is 24.3 Å². The van der Waals surface area contributed by atoms with Crippen molar-refractivity contribution in [3.8, 4) is 0 Å². The highest BCUT2D eigenvalue weighted by Crippen LogP contribution is 2.34. The summed E-state index contributed by atoms with van der Waals surface area (Å²) in [5, 5.41) is 14.6. The van der Waals surface area contributed by atoms with E-state index < -0.39 is 47.6 Å². The Hall–Kier alpha value is -4.04. The standard InChI is InChI=1S/C28H29N3O5/c1-3-9-20(25(32)30-19-12-5-4-6-13-19)23(28(35)36)16(2)24(29)31-26(33)21-14-17-10-7-8-11-18(17)15-22(21)27(31)34/h4-8,10-16,20,23-24H,3,9,29H2,1-2H3,(H,30,32)(H,35,36)/t16?,20-,23+,24?/m0/s1. The second-order valence-corrected chi connectivity index (χ2v) is 9.19. The van der Waals surface area contributed by atoms with Crippen LogP contribution in [0.3, 0.4) is 0 Å². The predicted octanol–water partition coefficient (Wildman–Crippen LogP) is 4.11. The molecule has 0 fully saturated rings. The number of para-hydroxylation sites is 1. The molecule has 0 saturated carbocycles. The normalized spacial score (nSPS) is 16.4. The second-order valence-electron chi connectivity index (χ2n) is 9.19. The van der Waals surface area contributed by atoms with Crippen molar-refractivity contribution < 1.29 is 24.3 Å². The average Bonchev–Trinajstić information content (AvgIpc) is 3.11. The van der Waals surface area contributed by atoms with Gasteiger partial charge in [0.05, 0.1) is 29.1 Å². The van der Waals surface area contributed by atoms with Crippen molar-refractivity contribution in [1.82, 2.24) is 4.90 Å². The maximum atomic E-state index is 13.3. The van der Waals surface area contributed by atoms with Crippen LogP contribution in [-0.2, 0) is 9.59 Å². The Labute approximate surface area is 209 Å². The van der Waals surface area contributed by atoms with E-state index in [0.29, 0.717) is 18.5 Å². The highest BCUT2D eigenvalue weighted by atomic mass is 16.4. The number of hydrogen-bond acceptors (Lipinski definition) is 5. The molecular weight excluding hydrogens is 458 g/mol. The summed E-state index contributed by atoms with van der Waals surface area (Å²) in [5.74, 6) is -5.80. The number of benzene rings is 3. The number of carbonyl (C=O) groups excluding carboxylic acids is 3. The first-order valence-electron chi connectivity index (χ1n) is 12.0. The number of amides is 3. The Morgan fingerprint density at radius 2 is 1.47 bits per heavy atom. The van der Waals surface area contributed by atoms with Crippen molar-refractivity contribution in [2.24, 2.45) is 23.5 Å². The molecule has 0 bridgehead atoms. The van der Waals surface area contributed by atoms with Crippen molar-refractivity contribution in [2.45, 2.75) is 32.9 Å². The van der Waals surface area contributed by atoms with Gasteiger partial charge in [-0.05, 0) is 41.5 Å². The fourth-order valence-corrected chi connectivity index (χ4v) is 4.97. The van der Waals surface area contributed by atoms with E-state index in [2.05, 4.69) is 5.32 Å². The van der Waals surface area contributed by atoms with Gasteiger partial charge in [0, 0.05) is 11.6 Å². The van der Waals surface area contributed by atoms with Crippen LogP contribution in [-0.4, -0.2) is 39.9 Å². The summed E-state index contributed by atoms with van der Waals surface area (Å²) in [5.41, 5.74) is 7.45. The zero-order valence-electron chi connectivity index (χ0n) is 20.2. The maximum Gasteiger partial charge on any atom is 0.307 e. The summed E-state index contributed by atoms with van der Waals surface area (Å²) in [6, 6.07) is 19.5. The third-order valence-corrected chi connectivity index (χ3v) is 6.88. The molecule has 3 aromatic carbocycles. The smallest absolute Gasteiger partial charge is 0.307 e. The van der Waals surface area contributed by atoms with Crippen molar-refractivity contribution >= 4 is 40.2 Å². The summed E-state index contributed by atoms with van der Waals surface area (Å²) >= 11 is 0. The van der Waals surface area contributed by atoms with Crippen LogP contribution in [0.4, 0.5) is 5.69 Å². The van der Waals surface area contributed by atoms with Gasteiger partial charge in [-0.3, -0.25) is 24.1 Å². The van der Waals surface area contributed by atoms with Crippen LogP contribution in [0.25, 0.3) is 10.8 Å². The highest BCUT2D eigenvalue weighted by Gasteiger charge is 2.46. The first-order chi connectivity index (χ1) is 17.2. The molecule has 0 spiro atoms. The Morgan fingerprint density at radius 1 is 0.944 bits per heavy atom. The van der Waals surface area contributed by atoms with Crippen LogP contribution in [0, 0.1) is 17.8 Å². The van der Waals surface area contributed by atoms with Crippen LogP contribution in [0.1, 0.15) is 47.4 Å². The molecule has 1 aliphatic rings. The number of rotatable bonds is 9. The van der Waals surface area contributed by atoms with E-state index in [1.54, 1.807) is 43.3 Å². The number of carboxylic acids is 1. The van der Waals surface area contributed by atoms with Gasteiger partial charge >= 0.3 is 5.97 Å². The van der Waals surface area contributed by atoms with Gasteiger partial charge in [-0.25, -0.2) is 0 Å². The molecule has 8 heteroatoms. The Bertz CT molecular complexity index is 1270. The number of aliphatic carboxylic acids is 1. The monoisotopic (exact) mass is 487 g/mol. The summed E-state index contributed by atoms with van der Waals surface area (Å²) in [6.07, 6.45) is -0.358. The van der Waals surface area contributed by atoms with E-state index in [-0.39, 0.29) is 11.1 Å². The molecule has 4 rings (SSSR count). The minimum Gasteiger partial charge on any atom is -0.481 e. The molecule has 1 heterocycles. The molecule has 4 atom stereocenters. The SMILES string of the molecule is CCC[C@H](C(=O)Nc1ccccc1)[C@H](C(=O)O)C(C)C(N)N1C(=O)c2cc3ccccc3cc2C1=O. The van der Waals surface area contributed by atoms with Gasteiger partial charge < -0.3 is 16.2 Å². The number of hydrogen-bond donors (Lipinski definition) is 3. The van der Waals surface area contributed by atoms with Crippen molar-refractivity contribution in [3.63, 3.8) is 0 Å². The van der Waals surface area contributed by atoms with Gasteiger partial charge in [-0.1, -0.05) is 62.7 Å². The average molecular weight is 488 g/mol. The number of nitrogens with two attached hydrogens (primary N) is 1. The van der Waals surface area contributed by atoms with E-state index in [0.717, 1.165) is 15.7 Å². The number of carbonyl (C=O) groups is 4. The highest BCUT2D eigenvalue weighted by molar-refractivity contribution is 6.23. The molecule has 0 aliphatic carbocycles. The van der Waals surface area contributed by atoms with E-state index in [1.807, 2.05) is 37.3 Å². The first-order valence-corrected chi connectivity index (χ1v) is 12.0. The second kappa shape index (κ2) is 10.3. The zero-order chi connectivity index (χ0) is 26.0. The fourth-order valence-electron chi connectivity index (χ4n) is 4.97. The fraction of sp³-hybridized carbons (Fsp3) is 0.286. The topological polar surface area (TPSA) is 130 Å². The lowest BCUT2D eigenvalue weighted by atomic mass is 9.77. The number of nitrogens with one attached hydrogen (secondary N) is 1. The molecule has 8 nitrogen and oxygen atoms in total. The molecule has 2 unspecified atom stereocenters. The molecule has 1 aliphatic heterocycles. The molecule has 0 radical (unpaired) electrons. The Balaban J connectivity index is 1.62. The molecule has 0 aromatic heterocycles. The van der Waals surface area contributed by atoms with Crippen LogP contribution < -0.4 is 11.1 Å². The third kappa shape index (κ3) is 4.59. The van der Waals surface area contributed by atoms with E-state index in [4.69, 9.17) is 5.73 Å². The lowest BCUT2D eigenvalue weighted by Crippen LogP contribution is -2.54. The third-order valence-electron chi connectivity index (χ3n) is 6.88. The van der Waals surface area contributed by atoms with Gasteiger partial charge in [-0.2, -0.15) is 0 Å². The molecule has 0 saturated heterocycles. The molecule has 186 valence electrons. The number of imide groups is 1. The van der Waals surface area contributed by atoms with Gasteiger partial charge in [-0.15, -0.1) is 0 Å². The van der Waals surface area contributed by atoms with Crippen LogP contribution in [0.15, 0.2) is 66.7 Å². The number of anilines is 1. The lowest BCUT2D eigenvalue weighted by molar-refractivity contribution is -0.149. The summed E-state index contributed by atoms with van der Waals surface area (Å²) < 4.78 is 0. The predicted molar refractivity (Wildman–Crippen MR) is 136 cm³/mol. The van der Waals surface area contributed by atoms with Gasteiger partial charge in [0.2, 0.25) is 5.91 Å².